The third-order valence-corrected chi connectivity index (χ3v) is 5.38. The fourth-order valence-electron chi connectivity index (χ4n) is 3.82. The Balaban J connectivity index is 1.55. The molecule has 0 bridgehead atoms. The van der Waals surface area contributed by atoms with Crippen molar-refractivity contribution < 1.29 is 4.74 Å². The molecule has 3 aliphatic rings. The predicted octanol–water partition coefficient (Wildman–Crippen LogP) is 1.78. The van der Waals surface area contributed by atoms with Crippen LogP contribution >= 0.6 is 0 Å². The Hall–Kier alpha value is -0.940. The molecule has 2 saturated carbocycles. The van der Waals surface area contributed by atoms with Gasteiger partial charge in [-0.25, -0.2) is 4.98 Å². The molecule has 1 aromatic rings. The van der Waals surface area contributed by atoms with Crippen LogP contribution in [0.15, 0.2) is 6.33 Å². The number of nitrogens with one attached hydrogen (secondary N) is 1. The number of ether oxygens (including phenoxy) is 1. The van der Waals surface area contributed by atoms with Crippen molar-refractivity contribution in [3.63, 3.8) is 0 Å². The first kappa shape index (κ1) is 13.7. The summed E-state index contributed by atoms with van der Waals surface area (Å²) in [5.41, 5.74) is 0.226. The maximum atomic E-state index is 6.17. The molecular weight excluding hydrogens is 264 g/mol. The third-order valence-electron chi connectivity index (χ3n) is 5.38. The number of hydrogen-bond donors (Lipinski definition) is 1. The average Bonchev–Trinajstić information content (AvgIpc) is 3.42. The summed E-state index contributed by atoms with van der Waals surface area (Å²) >= 11 is 0. The fraction of sp³-hybridized carbons (Fsp3) is 0.875. The van der Waals surface area contributed by atoms with Gasteiger partial charge in [-0.3, -0.25) is 4.68 Å². The first-order chi connectivity index (χ1) is 10.3. The topological polar surface area (TPSA) is 52.0 Å². The maximum absolute atomic E-state index is 6.17. The lowest BCUT2D eigenvalue weighted by atomic mass is 9.75. The molecule has 5 heteroatoms. The molecule has 3 fully saturated rings. The van der Waals surface area contributed by atoms with Crippen molar-refractivity contribution in [1.82, 2.24) is 20.1 Å². The second kappa shape index (κ2) is 5.36. The van der Waals surface area contributed by atoms with E-state index >= 15 is 0 Å². The van der Waals surface area contributed by atoms with Crippen molar-refractivity contribution >= 4 is 0 Å². The zero-order valence-corrected chi connectivity index (χ0v) is 12.9. The Kier molecular flexibility index (Phi) is 3.50. The van der Waals surface area contributed by atoms with Gasteiger partial charge in [0.1, 0.15) is 12.2 Å². The van der Waals surface area contributed by atoms with Crippen LogP contribution in [0.5, 0.6) is 0 Å². The molecule has 1 aromatic heterocycles. The molecule has 1 N–H and O–H groups in total. The first-order valence-corrected chi connectivity index (χ1v) is 8.52. The standard InChI is InChI=1S/C16H26N4O/c1-2-20-14(18-11-19-20)9-16(10-17-13-5-6-13)7-8-21-15(16)12-3-4-12/h11-13,15,17H,2-10H2,1H3. The molecule has 0 spiro atoms. The average molecular weight is 290 g/mol. The smallest absolute Gasteiger partial charge is 0.138 e. The molecule has 1 saturated heterocycles. The van der Waals surface area contributed by atoms with Gasteiger partial charge in [0.25, 0.3) is 0 Å². The SMILES string of the molecule is CCn1ncnc1CC1(CNC2CC2)CCOC1C1CC1. The Bertz CT molecular complexity index is 494. The molecule has 0 radical (unpaired) electrons. The first-order valence-electron chi connectivity index (χ1n) is 8.52. The van der Waals surface area contributed by atoms with Crippen molar-refractivity contribution in [1.29, 1.82) is 0 Å². The second-order valence-electron chi connectivity index (χ2n) is 7.07. The Morgan fingerprint density at radius 3 is 2.95 bits per heavy atom. The molecule has 2 heterocycles. The molecule has 2 aliphatic carbocycles. The summed E-state index contributed by atoms with van der Waals surface area (Å²) < 4.78 is 8.21. The fourth-order valence-corrected chi connectivity index (χ4v) is 3.82. The van der Waals surface area contributed by atoms with Crippen LogP contribution in [0.4, 0.5) is 0 Å². The van der Waals surface area contributed by atoms with Crippen molar-refractivity contribution in [2.45, 2.75) is 64.1 Å². The Morgan fingerprint density at radius 2 is 2.24 bits per heavy atom. The molecule has 21 heavy (non-hydrogen) atoms. The summed E-state index contributed by atoms with van der Waals surface area (Å²) in [6.45, 7) is 5.02. The van der Waals surface area contributed by atoms with Crippen molar-refractivity contribution in [2.24, 2.45) is 11.3 Å². The van der Waals surface area contributed by atoms with Crippen LogP contribution in [-0.2, 0) is 17.7 Å². The van der Waals surface area contributed by atoms with Gasteiger partial charge in [0.15, 0.2) is 0 Å². The molecule has 116 valence electrons. The molecule has 5 nitrogen and oxygen atoms in total. The van der Waals surface area contributed by atoms with Gasteiger partial charge in [0, 0.05) is 37.6 Å². The zero-order chi connectivity index (χ0) is 14.3. The largest absolute Gasteiger partial charge is 0.377 e. The summed E-state index contributed by atoms with van der Waals surface area (Å²) in [5.74, 6) is 1.91. The highest BCUT2D eigenvalue weighted by Gasteiger charge is 2.51. The lowest BCUT2D eigenvalue weighted by molar-refractivity contribution is 0.0291. The predicted molar refractivity (Wildman–Crippen MR) is 79.9 cm³/mol. The molecule has 2 atom stereocenters. The number of hydrogen-bond acceptors (Lipinski definition) is 4. The van der Waals surface area contributed by atoms with Crippen LogP contribution in [0.25, 0.3) is 0 Å². The van der Waals surface area contributed by atoms with Gasteiger partial charge in [0.2, 0.25) is 0 Å². The lowest BCUT2D eigenvalue weighted by Crippen LogP contribution is -2.44. The van der Waals surface area contributed by atoms with Gasteiger partial charge in [-0.15, -0.1) is 0 Å². The minimum Gasteiger partial charge on any atom is -0.377 e. The monoisotopic (exact) mass is 290 g/mol. The van der Waals surface area contributed by atoms with Crippen LogP contribution in [0, 0.1) is 11.3 Å². The number of nitrogens with zero attached hydrogens (tertiary/aromatic N) is 3. The maximum Gasteiger partial charge on any atom is 0.138 e. The van der Waals surface area contributed by atoms with E-state index in [1.165, 1.54) is 25.7 Å². The lowest BCUT2D eigenvalue weighted by Gasteiger charge is -2.34. The highest BCUT2D eigenvalue weighted by molar-refractivity contribution is 5.06. The van der Waals surface area contributed by atoms with Gasteiger partial charge in [-0.2, -0.15) is 5.10 Å². The van der Waals surface area contributed by atoms with E-state index in [9.17, 15) is 0 Å². The summed E-state index contributed by atoms with van der Waals surface area (Å²) in [6.07, 6.45) is 9.65. The van der Waals surface area contributed by atoms with E-state index in [0.717, 1.165) is 50.3 Å². The van der Waals surface area contributed by atoms with E-state index in [1.54, 1.807) is 6.33 Å². The molecule has 1 aliphatic heterocycles. The number of rotatable bonds is 7. The van der Waals surface area contributed by atoms with Gasteiger partial charge in [-0.05, 0) is 44.9 Å². The van der Waals surface area contributed by atoms with Gasteiger partial charge in [0.05, 0.1) is 6.10 Å². The molecule has 4 rings (SSSR count). The van der Waals surface area contributed by atoms with Crippen LogP contribution < -0.4 is 5.32 Å². The molecular formula is C16H26N4O. The second-order valence-corrected chi connectivity index (χ2v) is 7.07. The quantitative estimate of drug-likeness (QED) is 0.831. The molecule has 2 unspecified atom stereocenters. The van der Waals surface area contributed by atoms with E-state index in [4.69, 9.17) is 4.74 Å². The van der Waals surface area contributed by atoms with Crippen LogP contribution in [0.2, 0.25) is 0 Å². The third kappa shape index (κ3) is 2.73. The minimum atomic E-state index is 0.226. The van der Waals surface area contributed by atoms with Crippen LogP contribution in [0.3, 0.4) is 0 Å². The highest BCUT2D eigenvalue weighted by Crippen LogP contribution is 2.49. The van der Waals surface area contributed by atoms with Crippen molar-refractivity contribution in [2.75, 3.05) is 13.2 Å². The van der Waals surface area contributed by atoms with Gasteiger partial charge in [-0.1, -0.05) is 0 Å². The number of aryl methyl sites for hydroxylation is 1. The molecule has 0 amide bonds. The van der Waals surface area contributed by atoms with E-state index in [2.05, 4.69) is 22.3 Å². The normalized spacial score (nSPS) is 32.7. The van der Waals surface area contributed by atoms with Gasteiger partial charge >= 0.3 is 0 Å². The number of aromatic nitrogens is 3. The van der Waals surface area contributed by atoms with Crippen LogP contribution in [0.1, 0.15) is 44.9 Å². The Morgan fingerprint density at radius 1 is 1.38 bits per heavy atom. The van der Waals surface area contributed by atoms with E-state index < -0.39 is 0 Å². The minimum absolute atomic E-state index is 0.226. The van der Waals surface area contributed by atoms with E-state index in [1.807, 2.05) is 4.68 Å². The van der Waals surface area contributed by atoms with E-state index in [-0.39, 0.29) is 5.41 Å². The summed E-state index contributed by atoms with van der Waals surface area (Å²) in [7, 11) is 0. The van der Waals surface area contributed by atoms with Gasteiger partial charge < -0.3 is 10.1 Å². The highest BCUT2D eigenvalue weighted by atomic mass is 16.5. The van der Waals surface area contributed by atoms with E-state index in [0.29, 0.717) is 6.10 Å². The summed E-state index contributed by atoms with van der Waals surface area (Å²) in [6, 6.07) is 0.756. The summed E-state index contributed by atoms with van der Waals surface area (Å²) in [4.78, 5) is 4.52. The van der Waals surface area contributed by atoms with Crippen LogP contribution in [-0.4, -0.2) is 40.1 Å². The van der Waals surface area contributed by atoms with Crippen molar-refractivity contribution in [3.05, 3.63) is 12.2 Å². The van der Waals surface area contributed by atoms with Crippen molar-refractivity contribution in [3.8, 4) is 0 Å². The molecule has 0 aromatic carbocycles. The summed E-state index contributed by atoms with van der Waals surface area (Å²) in [5, 5.41) is 8.11. The zero-order valence-electron chi connectivity index (χ0n) is 12.9. The Labute approximate surface area is 126 Å².